The molecule has 0 bridgehead atoms. The van der Waals surface area contributed by atoms with Crippen molar-refractivity contribution in [2.24, 2.45) is 5.92 Å². The van der Waals surface area contributed by atoms with Gasteiger partial charge in [0.05, 0.1) is 23.1 Å². The fourth-order valence-corrected chi connectivity index (χ4v) is 4.19. The lowest BCUT2D eigenvalue weighted by atomic mass is 9.99. The van der Waals surface area contributed by atoms with Crippen molar-refractivity contribution >= 4 is 5.91 Å². The smallest absolute Gasteiger partial charge is 0.255 e. The van der Waals surface area contributed by atoms with Crippen LogP contribution in [0.25, 0.3) is 5.69 Å². The highest BCUT2D eigenvalue weighted by Gasteiger charge is 2.17. The summed E-state index contributed by atoms with van der Waals surface area (Å²) in [6, 6.07) is 18.4. The van der Waals surface area contributed by atoms with Crippen molar-refractivity contribution in [1.29, 1.82) is 0 Å². The maximum atomic E-state index is 12.7. The molecule has 5 nitrogen and oxygen atoms in total. The predicted octanol–water partition coefficient (Wildman–Crippen LogP) is 4.34. The fourth-order valence-electron chi connectivity index (χ4n) is 4.19. The first kappa shape index (κ1) is 20.4. The number of nitrogens with one attached hydrogen (secondary N) is 1. The van der Waals surface area contributed by atoms with E-state index >= 15 is 0 Å². The van der Waals surface area contributed by atoms with Crippen molar-refractivity contribution in [3.63, 3.8) is 0 Å². The summed E-state index contributed by atoms with van der Waals surface area (Å²) in [7, 11) is 0. The van der Waals surface area contributed by atoms with Crippen LogP contribution in [0.3, 0.4) is 0 Å². The van der Waals surface area contributed by atoms with E-state index in [1.54, 1.807) is 10.9 Å². The summed E-state index contributed by atoms with van der Waals surface area (Å²) >= 11 is 0. The Morgan fingerprint density at radius 1 is 1.10 bits per heavy atom. The maximum absolute atomic E-state index is 12.7. The molecule has 1 aliphatic heterocycles. The van der Waals surface area contributed by atoms with E-state index in [4.69, 9.17) is 0 Å². The van der Waals surface area contributed by atoms with Gasteiger partial charge in [-0.05, 0) is 55.5 Å². The molecule has 5 heteroatoms. The molecule has 1 aliphatic rings. The number of amides is 1. The van der Waals surface area contributed by atoms with Crippen molar-refractivity contribution in [3.05, 3.63) is 83.2 Å². The molecule has 3 aromatic rings. The average Bonchev–Trinajstić information content (AvgIpc) is 3.15. The van der Waals surface area contributed by atoms with Crippen LogP contribution in [0.5, 0.6) is 0 Å². The molecule has 1 amide bonds. The number of rotatable bonds is 6. The number of hydrogen-bond acceptors (Lipinski definition) is 3. The molecule has 0 spiro atoms. The standard InChI is InChI=1S/C25H30N4O/c1-19-7-6-14-28(17-19)18-22-12-10-21(11-13-22)15-26-25(30)24-16-27-29(20(24)2)23-8-4-3-5-9-23/h3-5,8-13,16,19H,6-7,14-15,17-18H2,1-2H3,(H,26,30). The molecule has 156 valence electrons. The highest BCUT2D eigenvalue weighted by molar-refractivity contribution is 5.95. The highest BCUT2D eigenvalue weighted by Crippen LogP contribution is 2.18. The minimum absolute atomic E-state index is 0.0962. The first-order valence-corrected chi connectivity index (χ1v) is 10.8. The average molecular weight is 403 g/mol. The second-order valence-corrected chi connectivity index (χ2v) is 8.37. The molecule has 0 saturated carbocycles. The molecule has 30 heavy (non-hydrogen) atoms. The molecule has 0 radical (unpaired) electrons. The van der Waals surface area contributed by atoms with Gasteiger partial charge in [0.1, 0.15) is 0 Å². The van der Waals surface area contributed by atoms with Crippen LogP contribution in [0, 0.1) is 12.8 Å². The second kappa shape index (κ2) is 9.26. The van der Waals surface area contributed by atoms with E-state index in [0.717, 1.165) is 29.4 Å². The Bertz CT molecular complexity index is 978. The zero-order valence-electron chi connectivity index (χ0n) is 17.8. The summed E-state index contributed by atoms with van der Waals surface area (Å²) in [6.07, 6.45) is 4.28. The van der Waals surface area contributed by atoms with Gasteiger partial charge in [-0.1, -0.05) is 49.4 Å². The Hall–Kier alpha value is -2.92. The predicted molar refractivity (Wildman–Crippen MR) is 120 cm³/mol. The Kier molecular flexibility index (Phi) is 6.29. The van der Waals surface area contributed by atoms with Gasteiger partial charge >= 0.3 is 0 Å². The molecule has 4 rings (SSSR count). The molecule has 2 aromatic carbocycles. The number of hydrogen-bond donors (Lipinski definition) is 1. The molecule has 1 aromatic heterocycles. The van der Waals surface area contributed by atoms with Gasteiger partial charge in [0.15, 0.2) is 0 Å². The molecule has 1 unspecified atom stereocenters. The van der Waals surface area contributed by atoms with Crippen LogP contribution in [-0.4, -0.2) is 33.7 Å². The Labute approximate surface area is 178 Å². The van der Waals surface area contributed by atoms with Gasteiger partial charge in [-0.3, -0.25) is 9.69 Å². The Morgan fingerprint density at radius 3 is 2.57 bits per heavy atom. The fraction of sp³-hybridized carbons (Fsp3) is 0.360. The number of likely N-dealkylation sites (tertiary alicyclic amines) is 1. The van der Waals surface area contributed by atoms with Gasteiger partial charge in [0, 0.05) is 19.6 Å². The number of aromatic nitrogens is 2. The molecular weight excluding hydrogens is 372 g/mol. The first-order chi connectivity index (χ1) is 14.6. The normalized spacial score (nSPS) is 17.1. The lowest BCUT2D eigenvalue weighted by Gasteiger charge is -2.30. The van der Waals surface area contributed by atoms with Gasteiger partial charge in [-0.15, -0.1) is 0 Å². The van der Waals surface area contributed by atoms with E-state index in [2.05, 4.69) is 46.5 Å². The van der Waals surface area contributed by atoms with Crippen LogP contribution in [0.15, 0.2) is 60.8 Å². The summed E-state index contributed by atoms with van der Waals surface area (Å²) in [4.78, 5) is 15.2. The molecule has 0 aliphatic carbocycles. The van der Waals surface area contributed by atoms with E-state index in [0.29, 0.717) is 12.1 Å². The number of para-hydroxylation sites is 1. The van der Waals surface area contributed by atoms with Crippen LogP contribution >= 0.6 is 0 Å². The molecule has 1 saturated heterocycles. The number of nitrogens with zero attached hydrogens (tertiary/aromatic N) is 3. The van der Waals surface area contributed by atoms with Gasteiger partial charge < -0.3 is 5.32 Å². The zero-order valence-corrected chi connectivity index (χ0v) is 17.8. The quantitative estimate of drug-likeness (QED) is 0.667. The highest BCUT2D eigenvalue weighted by atomic mass is 16.1. The monoisotopic (exact) mass is 402 g/mol. The van der Waals surface area contributed by atoms with Crippen LogP contribution in [0.4, 0.5) is 0 Å². The minimum Gasteiger partial charge on any atom is -0.348 e. The number of carbonyl (C=O) groups excluding carboxylic acids is 1. The van der Waals surface area contributed by atoms with Gasteiger partial charge in [0.25, 0.3) is 5.91 Å². The summed E-state index contributed by atoms with van der Waals surface area (Å²) in [6.45, 7) is 8.16. The van der Waals surface area contributed by atoms with Crippen LogP contribution < -0.4 is 5.32 Å². The summed E-state index contributed by atoms with van der Waals surface area (Å²) < 4.78 is 1.80. The maximum Gasteiger partial charge on any atom is 0.255 e. The van der Waals surface area contributed by atoms with E-state index in [1.807, 2.05) is 37.3 Å². The third-order valence-corrected chi connectivity index (χ3v) is 5.88. The summed E-state index contributed by atoms with van der Waals surface area (Å²) in [5.41, 5.74) is 4.83. The SMILES string of the molecule is Cc1c(C(=O)NCc2ccc(CN3CCCC(C)C3)cc2)cnn1-c1ccccc1. The van der Waals surface area contributed by atoms with E-state index < -0.39 is 0 Å². The topological polar surface area (TPSA) is 50.2 Å². The number of benzene rings is 2. The zero-order chi connectivity index (χ0) is 20.9. The number of carbonyl (C=O) groups is 1. The van der Waals surface area contributed by atoms with E-state index in [-0.39, 0.29) is 5.91 Å². The third-order valence-electron chi connectivity index (χ3n) is 5.88. The number of piperidine rings is 1. The van der Waals surface area contributed by atoms with Crippen LogP contribution in [0.1, 0.15) is 46.9 Å². The summed E-state index contributed by atoms with van der Waals surface area (Å²) in [5.74, 6) is 0.698. The lowest BCUT2D eigenvalue weighted by molar-refractivity contribution is 0.0950. The third kappa shape index (κ3) is 4.79. The van der Waals surface area contributed by atoms with Gasteiger partial charge in [-0.2, -0.15) is 5.10 Å². The van der Waals surface area contributed by atoms with Crippen LogP contribution in [0.2, 0.25) is 0 Å². The first-order valence-electron chi connectivity index (χ1n) is 10.8. The molecule has 1 N–H and O–H groups in total. The van der Waals surface area contributed by atoms with Crippen molar-refractivity contribution in [3.8, 4) is 5.69 Å². The van der Waals surface area contributed by atoms with Crippen molar-refractivity contribution in [2.45, 2.75) is 39.8 Å². The van der Waals surface area contributed by atoms with Crippen molar-refractivity contribution < 1.29 is 4.79 Å². The Balaban J connectivity index is 1.33. The van der Waals surface area contributed by atoms with Gasteiger partial charge in [0.2, 0.25) is 0 Å². The Morgan fingerprint density at radius 2 is 1.83 bits per heavy atom. The van der Waals surface area contributed by atoms with Gasteiger partial charge in [-0.25, -0.2) is 4.68 Å². The second-order valence-electron chi connectivity index (χ2n) is 8.37. The lowest BCUT2D eigenvalue weighted by Crippen LogP contribution is -2.33. The van der Waals surface area contributed by atoms with Crippen molar-refractivity contribution in [2.75, 3.05) is 13.1 Å². The van der Waals surface area contributed by atoms with E-state index in [1.165, 1.54) is 31.5 Å². The molecule has 1 fully saturated rings. The van der Waals surface area contributed by atoms with E-state index in [9.17, 15) is 4.79 Å². The van der Waals surface area contributed by atoms with Crippen molar-refractivity contribution in [1.82, 2.24) is 20.0 Å². The van der Waals surface area contributed by atoms with Crippen LogP contribution in [-0.2, 0) is 13.1 Å². The molecule has 2 heterocycles. The minimum atomic E-state index is -0.0962. The molecular formula is C25H30N4O. The summed E-state index contributed by atoms with van der Waals surface area (Å²) in [5, 5.41) is 7.41. The molecule has 1 atom stereocenters. The largest absolute Gasteiger partial charge is 0.348 e.